The van der Waals surface area contributed by atoms with Crippen LogP contribution in [0.3, 0.4) is 0 Å². The van der Waals surface area contributed by atoms with E-state index < -0.39 is 0 Å². The van der Waals surface area contributed by atoms with Gasteiger partial charge >= 0.3 is 0 Å². The molecule has 21 heavy (non-hydrogen) atoms. The largest absolute Gasteiger partial charge is 0.313 e. The topological polar surface area (TPSA) is 29.9 Å². The van der Waals surface area contributed by atoms with Crippen molar-refractivity contribution >= 4 is 33.5 Å². The lowest BCUT2D eigenvalue weighted by Gasteiger charge is -2.17. The molecule has 4 heteroatoms. The Morgan fingerprint density at radius 1 is 1.14 bits per heavy atom. The summed E-state index contributed by atoms with van der Waals surface area (Å²) < 4.78 is 3.25. The molecule has 3 nitrogen and oxygen atoms in total. The highest BCUT2D eigenvalue weighted by Crippen LogP contribution is 2.26. The lowest BCUT2D eigenvalue weighted by atomic mass is 10.0. The van der Waals surface area contributed by atoms with Crippen LogP contribution in [-0.2, 0) is 13.5 Å². The molecule has 1 atom stereocenters. The molecule has 1 N–H and O–H groups in total. The molecular formula is C17H18IN3. The Hall–Kier alpha value is -1.40. The number of likely N-dealkylation sites (N-methyl/N-ethyl adjacent to an activating group) is 1. The van der Waals surface area contributed by atoms with E-state index in [4.69, 9.17) is 5.10 Å². The normalized spacial score (nSPS) is 12.7. The average molecular weight is 391 g/mol. The maximum absolute atomic E-state index is 4.71. The average Bonchev–Trinajstić information content (AvgIpc) is 2.82. The van der Waals surface area contributed by atoms with Crippen LogP contribution in [0, 0.1) is 3.57 Å². The van der Waals surface area contributed by atoms with Crippen LogP contribution < -0.4 is 5.32 Å². The van der Waals surface area contributed by atoms with Gasteiger partial charge in [0.05, 0.1) is 11.2 Å². The number of fused-ring (bicyclic) bond motifs is 1. The smallest absolute Gasteiger partial charge is 0.0722 e. The Morgan fingerprint density at radius 2 is 1.86 bits per heavy atom. The third-order valence-corrected chi connectivity index (χ3v) is 4.84. The van der Waals surface area contributed by atoms with Crippen LogP contribution in [0.4, 0.5) is 0 Å². The van der Waals surface area contributed by atoms with Crippen LogP contribution in [0.1, 0.15) is 17.3 Å². The number of nitrogens with zero attached hydrogens (tertiary/aromatic N) is 2. The van der Waals surface area contributed by atoms with Gasteiger partial charge in [-0.3, -0.25) is 4.68 Å². The molecule has 0 amide bonds. The van der Waals surface area contributed by atoms with Gasteiger partial charge in [0.15, 0.2) is 0 Å². The zero-order valence-corrected chi connectivity index (χ0v) is 14.3. The van der Waals surface area contributed by atoms with Crippen molar-refractivity contribution in [1.29, 1.82) is 0 Å². The maximum Gasteiger partial charge on any atom is 0.0722 e. The summed E-state index contributed by atoms with van der Waals surface area (Å²) in [6.07, 6.45) is 0.887. The first-order chi connectivity index (χ1) is 10.2. The van der Waals surface area contributed by atoms with Crippen LogP contribution in [0.5, 0.6) is 0 Å². The van der Waals surface area contributed by atoms with Crippen LogP contribution in [0.2, 0.25) is 0 Å². The molecule has 3 aromatic rings. The molecule has 0 saturated heterocycles. The van der Waals surface area contributed by atoms with Crippen molar-refractivity contribution in [2.24, 2.45) is 7.05 Å². The van der Waals surface area contributed by atoms with Crippen molar-refractivity contribution in [2.75, 3.05) is 7.05 Å². The molecular weight excluding hydrogens is 373 g/mol. The van der Waals surface area contributed by atoms with E-state index >= 15 is 0 Å². The van der Waals surface area contributed by atoms with Crippen LogP contribution >= 0.6 is 22.6 Å². The van der Waals surface area contributed by atoms with Crippen molar-refractivity contribution in [3.8, 4) is 0 Å². The fourth-order valence-electron chi connectivity index (χ4n) is 2.76. The Morgan fingerprint density at radius 3 is 2.62 bits per heavy atom. The highest BCUT2D eigenvalue weighted by Gasteiger charge is 2.17. The van der Waals surface area contributed by atoms with E-state index in [1.807, 2.05) is 18.8 Å². The number of aryl methyl sites for hydroxylation is 1. The minimum absolute atomic E-state index is 0.274. The minimum atomic E-state index is 0.274. The van der Waals surface area contributed by atoms with Crippen LogP contribution in [0.25, 0.3) is 10.9 Å². The summed E-state index contributed by atoms with van der Waals surface area (Å²) in [6.45, 7) is 0. The van der Waals surface area contributed by atoms with Gasteiger partial charge in [0.2, 0.25) is 0 Å². The van der Waals surface area contributed by atoms with E-state index in [1.54, 1.807) is 0 Å². The molecule has 3 rings (SSSR count). The lowest BCUT2D eigenvalue weighted by molar-refractivity contribution is 0.577. The summed E-state index contributed by atoms with van der Waals surface area (Å²) in [5, 5.41) is 9.38. The molecule has 0 fully saturated rings. The van der Waals surface area contributed by atoms with Gasteiger partial charge in [-0.1, -0.05) is 36.4 Å². The standard InChI is InChI=1S/C17H18IN3/c1-19-15(12-7-3-5-9-14(12)18)11-16-13-8-4-6-10-17(13)21(2)20-16/h3-10,15,19H,11H2,1-2H3. The molecule has 0 aliphatic carbocycles. The maximum atomic E-state index is 4.71. The number of rotatable bonds is 4. The third-order valence-electron chi connectivity index (χ3n) is 3.86. The van der Waals surface area contributed by atoms with Crippen molar-refractivity contribution in [2.45, 2.75) is 12.5 Å². The number of hydrogen-bond acceptors (Lipinski definition) is 2. The number of hydrogen-bond donors (Lipinski definition) is 1. The van der Waals surface area contributed by atoms with Gasteiger partial charge in [-0.2, -0.15) is 5.10 Å². The van der Waals surface area contributed by atoms with Gasteiger partial charge in [-0.25, -0.2) is 0 Å². The first kappa shape index (κ1) is 14.5. The SMILES string of the molecule is CNC(Cc1nn(C)c2ccccc12)c1ccccc1I. The molecule has 1 heterocycles. The lowest BCUT2D eigenvalue weighted by Crippen LogP contribution is -2.20. The van der Waals surface area contributed by atoms with Gasteiger partial charge in [0.1, 0.15) is 0 Å². The first-order valence-corrected chi connectivity index (χ1v) is 8.11. The molecule has 0 aliphatic rings. The molecule has 1 unspecified atom stereocenters. The fourth-order valence-corrected chi connectivity index (χ4v) is 3.52. The second-order valence-electron chi connectivity index (χ2n) is 5.15. The Balaban J connectivity index is 1.99. The highest BCUT2D eigenvalue weighted by atomic mass is 127. The van der Waals surface area contributed by atoms with Crippen molar-refractivity contribution in [3.05, 3.63) is 63.4 Å². The van der Waals surface area contributed by atoms with E-state index in [9.17, 15) is 0 Å². The van der Waals surface area contributed by atoms with E-state index in [2.05, 4.69) is 76.4 Å². The summed E-state index contributed by atoms with van der Waals surface area (Å²) in [7, 11) is 4.02. The summed E-state index contributed by atoms with van der Waals surface area (Å²) >= 11 is 2.40. The molecule has 0 bridgehead atoms. The van der Waals surface area contributed by atoms with E-state index in [-0.39, 0.29) is 6.04 Å². The number of nitrogens with one attached hydrogen (secondary N) is 1. The number of para-hydroxylation sites is 1. The van der Waals surface area contributed by atoms with E-state index in [1.165, 1.54) is 20.0 Å². The van der Waals surface area contributed by atoms with Crippen LogP contribution in [-0.4, -0.2) is 16.8 Å². The zero-order chi connectivity index (χ0) is 14.8. The highest BCUT2D eigenvalue weighted by molar-refractivity contribution is 14.1. The quantitative estimate of drug-likeness (QED) is 0.688. The molecule has 0 spiro atoms. The van der Waals surface area contributed by atoms with Crippen molar-refractivity contribution in [1.82, 2.24) is 15.1 Å². The summed E-state index contributed by atoms with van der Waals surface area (Å²) in [5.74, 6) is 0. The Bertz CT molecular complexity index is 764. The molecule has 0 saturated carbocycles. The summed E-state index contributed by atoms with van der Waals surface area (Å²) in [6, 6.07) is 17.2. The van der Waals surface area contributed by atoms with Gasteiger partial charge in [0.25, 0.3) is 0 Å². The van der Waals surface area contributed by atoms with Crippen LogP contribution in [0.15, 0.2) is 48.5 Å². The summed E-state index contributed by atoms with van der Waals surface area (Å²) in [4.78, 5) is 0. The fraction of sp³-hybridized carbons (Fsp3) is 0.235. The number of benzene rings is 2. The van der Waals surface area contributed by atoms with E-state index in [0.29, 0.717) is 0 Å². The molecule has 0 radical (unpaired) electrons. The monoisotopic (exact) mass is 391 g/mol. The first-order valence-electron chi connectivity index (χ1n) is 7.03. The second-order valence-corrected chi connectivity index (χ2v) is 6.32. The predicted octanol–water partition coefficient (Wildman–Crippen LogP) is 3.68. The molecule has 2 aromatic carbocycles. The summed E-state index contributed by atoms with van der Waals surface area (Å²) in [5.41, 5.74) is 3.66. The van der Waals surface area contributed by atoms with Gasteiger partial charge in [0, 0.05) is 28.5 Å². The molecule has 108 valence electrons. The molecule has 1 aromatic heterocycles. The number of halogens is 1. The predicted molar refractivity (Wildman–Crippen MR) is 95.4 cm³/mol. The zero-order valence-electron chi connectivity index (χ0n) is 12.2. The van der Waals surface area contributed by atoms with Crippen molar-refractivity contribution in [3.63, 3.8) is 0 Å². The number of aromatic nitrogens is 2. The Kier molecular flexibility index (Phi) is 4.26. The third kappa shape index (κ3) is 2.82. The van der Waals surface area contributed by atoms with Gasteiger partial charge in [-0.15, -0.1) is 0 Å². The van der Waals surface area contributed by atoms with Gasteiger partial charge < -0.3 is 5.32 Å². The van der Waals surface area contributed by atoms with Crippen molar-refractivity contribution < 1.29 is 0 Å². The van der Waals surface area contributed by atoms with E-state index in [0.717, 1.165) is 12.1 Å². The minimum Gasteiger partial charge on any atom is -0.313 e. The van der Waals surface area contributed by atoms with Gasteiger partial charge in [-0.05, 0) is 47.3 Å². The second kappa shape index (κ2) is 6.15. The Labute approximate surface area is 138 Å². The molecule has 0 aliphatic heterocycles.